The fraction of sp³-hybridized carbons (Fsp3) is 0.160. The molecule has 1 atom stereocenters. The van der Waals surface area contributed by atoms with Crippen LogP contribution >= 0.6 is 0 Å². The average Bonchev–Trinajstić information content (AvgIpc) is 2.74. The maximum Gasteiger partial charge on any atom is 0.411 e. The summed E-state index contributed by atoms with van der Waals surface area (Å²) in [5.41, 5.74) is 4.18. The summed E-state index contributed by atoms with van der Waals surface area (Å²) in [5, 5.41) is 0. The van der Waals surface area contributed by atoms with Crippen molar-refractivity contribution in [2.24, 2.45) is 0 Å². The van der Waals surface area contributed by atoms with Crippen molar-refractivity contribution in [1.82, 2.24) is 4.90 Å². The summed E-state index contributed by atoms with van der Waals surface area (Å²) >= 11 is 0. The number of rotatable bonds is 7. The molecule has 0 aliphatic carbocycles. The molecular weight excluding hydrogens is 346 g/mol. The van der Waals surface area contributed by atoms with Crippen molar-refractivity contribution in [2.45, 2.75) is 26.1 Å². The van der Waals surface area contributed by atoms with Gasteiger partial charge in [-0.2, -0.15) is 0 Å². The van der Waals surface area contributed by atoms with Gasteiger partial charge in [0.05, 0.1) is 6.04 Å². The molecule has 0 spiro atoms. The summed E-state index contributed by atoms with van der Waals surface area (Å²) in [6, 6.07) is 27.5. The second-order valence-corrected chi connectivity index (χ2v) is 6.74. The van der Waals surface area contributed by atoms with Crippen LogP contribution < -0.4 is 0 Å². The first-order valence-electron chi connectivity index (χ1n) is 9.38. The van der Waals surface area contributed by atoms with E-state index in [9.17, 15) is 4.79 Å². The Kier molecular flexibility index (Phi) is 6.64. The lowest BCUT2D eigenvalue weighted by atomic mass is 10.0. The molecule has 0 N–H and O–H groups in total. The molecule has 3 heteroatoms. The zero-order valence-corrected chi connectivity index (χ0v) is 16.1. The summed E-state index contributed by atoms with van der Waals surface area (Å²) < 4.78 is 5.63. The van der Waals surface area contributed by atoms with Gasteiger partial charge < -0.3 is 4.74 Å². The second kappa shape index (κ2) is 9.56. The molecule has 3 aromatic rings. The van der Waals surface area contributed by atoms with E-state index in [0.717, 1.165) is 16.7 Å². The maximum atomic E-state index is 13.0. The van der Waals surface area contributed by atoms with Crippen LogP contribution in [0.2, 0.25) is 0 Å². The smallest absolute Gasteiger partial charge is 0.411 e. The van der Waals surface area contributed by atoms with E-state index in [4.69, 9.17) is 4.74 Å². The van der Waals surface area contributed by atoms with Gasteiger partial charge in [0, 0.05) is 6.54 Å². The number of aryl methyl sites for hydroxylation is 1. The van der Waals surface area contributed by atoms with Gasteiger partial charge in [-0.3, -0.25) is 4.90 Å². The lowest BCUT2D eigenvalue weighted by Crippen LogP contribution is -2.34. The molecule has 3 nitrogen and oxygen atoms in total. The van der Waals surface area contributed by atoms with Gasteiger partial charge in [0.25, 0.3) is 0 Å². The van der Waals surface area contributed by atoms with Gasteiger partial charge in [0.1, 0.15) is 6.61 Å². The first kappa shape index (κ1) is 19.4. The highest BCUT2D eigenvalue weighted by Gasteiger charge is 2.24. The zero-order chi connectivity index (χ0) is 19.8. The fourth-order valence-corrected chi connectivity index (χ4v) is 3.07. The standard InChI is InChI=1S/C25H25NO2/c1-3-24(23-16-14-20(2)15-17-23)26(18-21-10-6-4-7-11-21)25(27)28-19-22-12-8-5-9-13-22/h3-17,24H,1,18-19H2,2H3. The molecule has 1 amide bonds. The van der Waals surface area contributed by atoms with Crippen LogP contribution in [0.4, 0.5) is 4.79 Å². The molecule has 28 heavy (non-hydrogen) atoms. The van der Waals surface area contributed by atoms with Crippen LogP contribution in [0.25, 0.3) is 0 Å². The van der Waals surface area contributed by atoms with E-state index >= 15 is 0 Å². The molecule has 1 unspecified atom stereocenters. The quantitative estimate of drug-likeness (QED) is 0.472. The van der Waals surface area contributed by atoms with Gasteiger partial charge in [0.2, 0.25) is 0 Å². The second-order valence-electron chi connectivity index (χ2n) is 6.74. The number of carbonyl (C=O) groups is 1. The number of ether oxygens (including phenoxy) is 1. The molecule has 3 rings (SSSR count). The van der Waals surface area contributed by atoms with Crippen LogP contribution in [0.1, 0.15) is 28.3 Å². The lowest BCUT2D eigenvalue weighted by molar-refractivity contribution is 0.0843. The minimum Gasteiger partial charge on any atom is -0.445 e. The zero-order valence-electron chi connectivity index (χ0n) is 16.1. The van der Waals surface area contributed by atoms with Gasteiger partial charge in [-0.05, 0) is 23.6 Å². The molecule has 0 aromatic heterocycles. The monoisotopic (exact) mass is 371 g/mol. The largest absolute Gasteiger partial charge is 0.445 e. The van der Waals surface area contributed by atoms with E-state index in [1.807, 2.05) is 91.9 Å². The Balaban J connectivity index is 1.83. The van der Waals surface area contributed by atoms with Crippen molar-refractivity contribution in [1.29, 1.82) is 0 Å². The average molecular weight is 371 g/mol. The Hall–Kier alpha value is -3.33. The molecule has 0 heterocycles. The number of benzene rings is 3. The molecule has 0 bridgehead atoms. The number of nitrogens with zero attached hydrogens (tertiary/aromatic N) is 1. The molecule has 0 saturated heterocycles. The number of hydrogen-bond acceptors (Lipinski definition) is 2. The molecule has 3 aromatic carbocycles. The third-order valence-electron chi connectivity index (χ3n) is 4.61. The highest BCUT2D eigenvalue weighted by atomic mass is 16.6. The molecule has 0 saturated carbocycles. The molecule has 0 aliphatic heterocycles. The highest BCUT2D eigenvalue weighted by molar-refractivity contribution is 5.69. The van der Waals surface area contributed by atoms with Crippen LogP contribution in [-0.4, -0.2) is 11.0 Å². The predicted octanol–water partition coefficient (Wildman–Crippen LogP) is 6.06. The summed E-state index contributed by atoms with van der Waals surface area (Å²) in [5.74, 6) is 0. The van der Waals surface area contributed by atoms with Crippen LogP contribution in [0.5, 0.6) is 0 Å². The van der Waals surface area contributed by atoms with Crippen LogP contribution in [0.3, 0.4) is 0 Å². The summed E-state index contributed by atoms with van der Waals surface area (Å²) in [4.78, 5) is 14.7. The van der Waals surface area contributed by atoms with Crippen LogP contribution in [0, 0.1) is 6.92 Å². The number of hydrogen-bond donors (Lipinski definition) is 0. The van der Waals surface area contributed by atoms with Gasteiger partial charge in [0.15, 0.2) is 0 Å². The molecule has 0 radical (unpaired) electrons. The van der Waals surface area contributed by atoms with Gasteiger partial charge in [-0.25, -0.2) is 4.79 Å². The Morgan fingerprint density at radius 1 is 0.929 bits per heavy atom. The third kappa shape index (κ3) is 5.10. The van der Waals surface area contributed by atoms with E-state index < -0.39 is 0 Å². The lowest BCUT2D eigenvalue weighted by Gasteiger charge is -2.29. The van der Waals surface area contributed by atoms with Gasteiger partial charge in [-0.1, -0.05) is 96.6 Å². The van der Waals surface area contributed by atoms with Crippen molar-refractivity contribution in [2.75, 3.05) is 0 Å². The Labute approximate surface area is 166 Å². The molecular formula is C25H25NO2. The van der Waals surface area contributed by atoms with Crippen LogP contribution in [-0.2, 0) is 17.9 Å². The topological polar surface area (TPSA) is 29.5 Å². The summed E-state index contributed by atoms with van der Waals surface area (Å²) in [6.45, 7) is 6.70. The van der Waals surface area contributed by atoms with Gasteiger partial charge in [-0.15, -0.1) is 6.58 Å². The highest BCUT2D eigenvalue weighted by Crippen LogP contribution is 2.25. The van der Waals surface area contributed by atoms with E-state index in [-0.39, 0.29) is 18.7 Å². The Bertz CT molecular complexity index is 889. The van der Waals surface area contributed by atoms with Crippen molar-refractivity contribution in [3.05, 3.63) is 120 Å². The first-order valence-corrected chi connectivity index (χ1v) is 9.38. The van der Waals surface area contributed by atoms with E-state index in [1.54, 1.807) is 11.0 Å². The molecule has 0 fully saturated rings. The maximum absolute atomic E-state index is 13.0. The Morgan fingerprint density at radius 2 is 1.50 bits per heavy atom. The third-order valence-corrected chi connectivity index (χ3v) is 4.61. The van der Waals surface area contributed by atoms with E-state index in [0.29, 0.717) is 6.54 Å². The first-order chi connectivity index (χ1) is 13.7. The molecule has 142 valence electrons. The fourth-order valence-electron chi connectivity index (χ4n) is 3.07. The minimum atomic E-state index is -0.363. The van der Waals surface area contributed by atoms with Crippen molar-refractivity contribution in [3.63, 3.8) is 0 Å². The van der Waals surface area contributed by atoms with Crippen LogP contribution in [0.15, 0.2) is 97.6 Å². The minimum absolute atomic E-state index is 0.239. The predicted molar refractivity (Wildman–Crippen MR) is 113 cm³/mol. The van der Waals surface area contributed by atoms with Crippen molar-refractivity contribution in [3.8, 4) is 0 Å². The van der Waals surface area contributed by atoms with E-state index in [1.165, 1.54) is 5.56 Å². The Morgan fingerprint density at radius 3 is 2.07 bits per heavy atom. The number of carbonyl (C=O) groups excluding carboxylic acids is 1. The summed E-state index contributed by atoms with van der Waals surface area (Å²) in [6.07, 6.45) is 1.43. The normalized spacial score (nSPS) is 11.5. The van der Waals surface area contributed by atoms with E-state index in [2.05, 4.69) is 6.58 Å². The van der Waals surface area contributed by atoms with Crippen molar-refractivity contribution >= 4 is 6.09 Å². The SMILES string of the molecule is C=CC(c1ccc(C)cc1)N(Cc1ccccc1)C(=O)OCc1ccccc1. The van der Waals surface area contributed by atoms with Gasteiger partial charge >= 0.3 is 6.09 Å². The number of amides is 1. The summed E-state index contributed by atoms with van der Waals surface area (Å²) in [7, 11) is 0. The van der Waals surface area contributed by atoms with Crippen molar-refractivity contribution < 1.29 is 9.53 Å². The molecule has 0 aliphatic rings.